The zero-order valence-corrected chi connectivity index (χ0v) is 12.1. The van der Waals surface area contributed by atoms with Crippen molar-refractivity contribution in [2.45, 2.75) is 0 Å². The normalized spacial score (nSPS) is 14.2. The molecule has 8 heteroatoms. The summed E-state index contributed by atoms with van der Waals surface area (Å²) in [4.78, 5) is 45.6. The van der Waals surface area contributed by atoms with E-state index in [0.717, 1.165) is 0 Å². The van der Waals surface area contributed by atoms with Gasteiger partial charge in [0.25, 0.3) is 11.8 Å². The van der Waals surface area contributed by atoms with Crippen molar-refractivity contribution in [2.24, 2.45) is 0 Å². The number of nitrogens with zero attached hydrogens (tertiary/aromatic N) is 1. The van der Waals surface area contributed by atoms with Crippen LogP contribution in [0.25, 0.3) is 11.8 Å². The van der Waals surface area contributed by atoms with Crippen LogP contribution in [0.5, 0.6) is 0 Å². The van der Waals surface area contributed by atoms with Crippen LogP contribution in [0, 0.1) is 0 Å². The minimum absolute atomic E-state index is 0.00134. The van der Waals surface area contributed by atoms with E-state index in [4.69, 9.17) is 0 Å². The van der Waals surface area contributed by atoms with Gasteiger partial charge in [0.15, 0.2) is 0 Å². The first-order valence-electron chi connectivity index (χ1n) is 6.83. The maximum absolute atomic E-state index is 11.8. The quantitative estimate of drug-likeness (QED) is 0.587. The molecule has 1 saturated heterocycles. The second-order valence-electron chi connectivity index (χ2n) is 4.94. The Balaban J connectivity index is 2.02. The number of nitrogens with one attached hydrogen (secondary N) is 2. The van der Waals surface area contributed by atoms with Crippen LogP contribution in [0.15, 0.2) is 48.2 Å². The van der Waals surface area contributed by atoms with E-state index in [1.54, 1.807) is 35.0 Å². The summed E-state index contributed by atoms with van der Waals surface area (Å²) in [6.45, 7) is 0. The van der Waals surface area contributed by atoms with E-state index in [0.29, 0.717) is 11.4 Å². The molecule has 0 atom stereocenters. The number of aromatic carboxylic acids is 1. The van der Waals surface area contributed by atoms with Crippen LogP contribution in [-0.2, 0) is 9.59 Å². The van der Waals surface area contributed by atoms with Crippen molar-refractivity contribution < 1.29 is 24.3 Å². The molecular formula is C16H10N3O5-. The van der Waals surface area contributed by atoms with Crippen molar-refractivity contribution in [3.63, 3.8) is 0 Å². The number of aromatic nitrogens is 1. The highest BCUT2D eigenvalue weighted by atomic mass is 16.4. The molecule has 2 heterocycles. The lowest BCUT2D eigenvalue weighted by molar-refractivity contribution is -0.255. The molecule has 0 radical (unpaired) electrons. The Morgan fingerprint density at radius 3 is 2.42 bits per heavy atom. The van der Waals surface area contributed by atoms with E-state index in [-0.39, 0.29) is 11.1 Å². The van der Waals surface area contributed by atoms with Gasteiger partial charge in [0, 0.05) is 17.6 Å². The molecule has 1 aliphatic heterocycles. The second-order valence-corrected chi connectivity index (χ2v) is 4.94. The Labute approximate surface area is 135 Å². The summed E-state index contributed by atoms with van der Waals surface area (Å²) in [5.74, 6) is -2.92. The standard InChI is InChI=1S/C16H11N3O5/c20-13-12(14(21)18-16(24)17-13)8-11-5-2-6-19(11)10-4-1-3-9(7-10)15(22)23/h1-8H,(H,22,23)(H2,17,18,20,21,24)/p-1. The number of rotatable bonds is 3. The number of hydrogen-bond acceptors (Lipinski definition) is 5. The molecular weight excluding hydrogens is 314 g/mol. The lowest BCUT2D eigenvalue weighted by Gasteiger charge is -2.15. The molecule has 1 aliphatic rings. The fourth-order valence-electron chi connectivity index (χ4n) is 2.28. The topological polar surface area (TPSA) is 120 Å². The number of carbonyl (C=O) groups excluding carboxylic acids is 4. The minimum Gasteiger partial charge on any atom is -0.545 e. The van der Waals surface area contributed by atoms with E-state index in [2.05, 4.69) is 0 Å². The molecule has 24 heavy (non-hydrogen) atoms. The Kier molecular flexibility index (Phi) is 3.70. The van der Waals surface area contributed by atoms with Crippen molar-refractivity contribution in [2.75, 3.05) is 0 Å². The predicted molar refractivity (Wildman–Crippen MR) is 79.8 cm³/mol. The first-order chi connectivity index (χ1) is 11.5. The number of carboxylic acid groups (broad SMARTS) is 1. The smallest absolute Gasteiger partial charge is 0.328 e. The van der Waals surface area contributed by atoms with Gasteiger partial charge in [-0.1, -0.05) is 12.1 Å². The number of urea groups is 1. The van der Waals surface area contributed by atoms with Crippen LogP contribution in [0.2, 0.25) is 0 Å². The highest BCUT2D eigenvalue weighted by molar-refractivity contribution is 6.31. The van der Waals surface area contributed by atoms with E-state index in [1.807, 2.05) is 10.6 Å². The predicted octanol–water partition coefficient (Wildman–Crippen LogP) is -0.410. The van der Waals surface area contributed by atoms with Crippen LogP contribution in [0.3, 0.4) is 0 Å². The van der Waals surface area contributed by atoms with Crippen molar-refractivity contribution in [1.29, 1.82) is 0 Å². The fourth-order valence-corrected chi connectivity index (χ4v) is 2.28. The zero-order chi connectivity index (χ0) is 17.3. The van der Waals surface area contributed by atoms with Gasteiger partial charge in [0.2, 0.25) is 0 Å². The third kappa shape index (κ3) is 2.80. The van der Waals surface area contributed by atoms with Gasteiger partial charge in [0.05, 0.1) is 5.97 Å². The number of benzene rings is 1. The highest BCUT2D eigenvalue weighted by Gasteiger charge is 2.27. The maximum Gasteiger partial charge on any atom is 0.328 e. The summed E-state index contributed by atoms with van der Waals surface area (Å²) >= 11 is 0. The molecule has 3 rings (SSSR count). The van der Waals surface area contributed by atoms with Crippen LogP contribution < -0.4 is 15.7 Å². The summed E-state index contributed by atoms with van der Waals surface area (Å²) in [5.41, 5.74) is 0.741. The highest BCUT2D eigenvalue weighted by Crippen LogP contribution is 2.17. The molecule has 8 nitrogen and oxygen atoms in total. The molecule has 1 aromatic carbocycles. The van der Waals surface area contributed by atoms with Gasteiger partial charge in [-0.2, -0.15) is 0 Å². The third-order valence-electron chi connectivity index (χ3n) is 3.38. The zero-order valence-electron chi connectivity index (χ0n) is 12.1. The van der Waals surface area contributed by atoms with Crippen LogP contribution in [-0.4, -0.2) is 28.4 Å². The number of carbonyl (C=O) groups is 4. The monoisotopic (exact) mass is 324 g/mol. The first kappa shape index (κ1) is 15.2. The van der Waals surface area contributed by atoms with Gasteiger partial charge in [-0.05, 0) is 35.9 Å². The largest absolute Gasteiger partial charge is 0.545 e. The van der Waals surface area contributed by atoms with Crippen molar-refractivity contribution in [3.05, 3.63) is 59.4 Å². The molecule has 1 fully saturated rings. The number of barbiturate groups is 1. The molecule has 2 aromatic rings. The Hall–Kier alpha value is -3.68. The number of imide groups is 2. The van der Waals surface area contributed by atoms with Gasteiger partial charge in [-0.25, -0.2) is 4.79 Å². The van der Waals surface area contributed by atoms with Gasteiger partial charge >= 0.3 is 6.03 Å². The molecule has 0 spiro atoms. The summed E-state index contributed by atoms with van der Waals surface area (Å²) in [5, 5.41) is 14.9. The number of carboxylic acids is 1. The maximum atomic E-state index is 11.8. The Bertz CT molecular complexity index is 888. The van der Waals surface area contributed by atoms with Crippen LogP contribution in [0.4, 0.5) is 4.79 Å². The molecule has 0 saturated carbocycles. The molecule has 120 valence electrons. The molecule has 0 aliphatic carbocycles. The Morgan fingerprint density at radius 2 is 1.75 bits per heavy atom. The van der Waals surface area contributed by atoms with Gasteiger partial charge < -0.3 is 14.5 Å². The third-order valence-corrected chi connectivity index (χ3v) is 3.38. The molecule has 4 amide bonds. The van der Waals surface area contributed by atoms with E-state index >= 15 is 0 Å². The van der Waals surface area contributed by atoms with E-state index < -0.39 is 23.8 Å². The van der Waals surface area contributed by atoms with Crippen molar-refractivity contribution in [3.8, 4) is 5.69 Å². The molecule has 0 bridgehead atoms. The number of hydrogen-bond donors (Lipinski definition) is 2. The van der Waals surface area contributed by atoms with Gasteiger partial charge in [-0.3, -0.25) is 20.2 Å². The summed E-state index contributed by atoms with van der Waals surface area (Å²) in [6, 6.07) is 8.45. The lowest BCUT2D eigenvalue weighted by atomic mass is 10.1. The van der Waals surface area contributed by atoms with Gasteiger partial charge in [-0.15, -0.1) is 0 Å². The average molecular weight is 324 g/mol. The fraction of sp³-hybridized carbons (Fsp3) is 0. The number of amides is 4. The summed E-state index contributed by atoms with van der Waals surface area (Å²) < 4.78 is 1.59. The first-order valence-corrected chi connectivity index (χ1v) is 6.83. The van der Waals surface area contributed by atoms with Crippen LogP contribution in [0.1, 0.15) is 16.1 Å². The summed E-state index contributed by atoms with van der Waals surface area (Å²) in [7, 11) is 0. The molecule has 0 unspecified atom stereocenters. The summed E-state index contributed by atoms with van der Waals surface area (Å²) in [6.07, 6.45) is 2.95. The Morgan fingerprint density at radius 1 is 1.04 bits per heavy atom. The average Bonchev–Trinajstić information content (AvgIpc) is 2.99. The lowest BCUT2D eigenvalue weighted by Crippen LogP contribution is -2.51. The van der Waals surface area contributed by atoms with Crippen molar-refractivity contribution in [1.82, 2.24) is 15.2 Å². The second kappa shape index (κ2) is 5.84. The van der Waals surface area contributed by atoms with Crippen molar-refractivity contribution >= 4 is 29.9 Å². The van der Waals surface area contributed by atoms with E-state index in [1.165, 1.54) is 18.2 Å². The van der Waals surface area contributed by atoms with Gasteiger partial charge in [0.1, 0.15) is 5.57 Å². The molecule has 2 N–H and O–H groups in total. The van der Waals surface area contributed by atoms with E-state index in [9.17, 15) is 24.3 Å². The van der Waals surface area contributed by atoms with Crippen LogP contribution >= 0.6 is 0 Å². The SMILES string of the molecule is O=C1NC(=O)C(=Cc2cccn2-c2cccc(C(=O)[O-])c2)C(=O)N1. The molecule has 1 aromatic heterocycles. The minimum atomic E-state index is -1.31.